The van der Waals surface area contributed by atoms with Crippen molar-refractivity contribution in [1.29, 1.82) is 0 Å². The van der Waals surface area contributed by atoms with Gasteiger partial charge in [-0.1, -0.05) is 12.8 Å². The molecule has 2 fully saturated rings. The van der Waals surface area contributed by atoms with E-state index in [9.17, 15) is 0 Å². The van der Waals surface area contributed by atoms with Crippen molar-refractivity contribution in [2.75, 3.05) is 19.8 Å². The first-order valence-electron chi connectivity index (χ1n) is 6.23. The van der Waals surface area contributed by atoms with Gasteiger partial charge < -0.3 is 4.74 Å². The van der Waals surface area contributed by atoms with E-state index in [0.29, 0.717) is 5.54 Å². The molecular weight excluding hydrogens is 218 g/mol. The van der Waals surface area contributed by atoms with E-state index in [0.717, 1.165) is 26.3 Å². The van der Waals surface area contributed by atoms with E-state index in [1.165, 1.54) is 31.2 Å². The maximum Gasteiger partial charge on any atom is 0.0651 e. The predicted octanol–water partition coefficient (Wildman–Crippen LogP) is 2.89. The van der Waals surface area contributed by atoms with Gasteiger partial charge in [-0.05, 0) is 35.2 Å². The highest BCUT2D eigenvalue weighted by Crippen LogP contribution is 2.38. The Labute approximate surface area is 101 Å². The zero-order valence-electron chi connectivity index (χ0n) is 9.65. The monoisotopic (exact) mass is 237 g/mol. The number of nitrogens with zero attached hydrogens (tertiary/aromatic N) is 1. The minimum absolute atomic E-state index is 0.375. The Morgan fingerprint density at radius 1 is 1.38 bits per heavy atom. The van der Waals surface area contributed by atoms with Gasteiger partial charge in [-0.25, -0.2) is 0 Å². The SMILES string of the molecule is c1cc(CN2CCOCC23CCCC3)cs1. The molecule has 3 heteroatoms. The van der Waals surface area contributed by atoms with E-state index >= 15 is 0 Å². The van der Waals surface area contributed by atoms with Crippen molar-refractivity contribution >= 4 is 11.3 Å². The maximum absolute atomic E-state index is 5.72. The predicted molar refractivity (Wildman–Crippen MR) is 66.7 cm³/mol. The largest absolute Gasteiger partial charge is 0.378 e. The lowest BCUT2D eigenvalue weighted by Gasteiger charge is -2.44. The van der Waals surface area contributed by atoms with Gasteiger partial charge in [0, 0.05) is 18.6 Å². The van der Waals surface area contributed by atoms with E-state index < -0.39 is 0 Å². The van der Waals surface area contributed by atoms with E-state index in [2.05, 4.69) is 21.7 Å². The average molecular weight is 237 g/mol. The summed E-state index contributed by atoms with van der Waals surface area (Å²) in [6.45, 7) is 4.09. The number of ether oxygens (including phenoxy) is 1. The second kappa shape index (κ2) is 4.47. The highest BCUT2D eigenvalue weighted by molar-refractivity contribution is 7.07. The van der Waals surface area contributed by atoms with Crippen LogP contribution in [0.15, 0.2) is 16.8 Å². The first kappa shape index (κ1) is 10.8. The Hall–Kier alpha value is -0.380. The molecule has 1 aromatic heterocycles. The van der Waals surface area contributed by atoms with Gasteiger partial charge in [-0.3, -0.25) is 4.90 Å². The summed E-state index contributed by atoms with van der Waals surface area (Å²) in [5, 5.41) is 4.45. The van der Waals surface area contributed by atoms with Gasteiger partial charge in [0.15, 0.2) is 0 Å². The zero-order valence-corrected chi connectivity index (χ0v) is 10.5. The van der Waals surface area contributed by atoms with E-state index in [1.807, 2.05) is 0 Å². The van der Waals surface area contributed by atoms with Gasteiger partial charge in [0.2, 0.25) is 0 Å². The van der Waals surface area contributed by atoms with Crippen molar-refractivity contribution in [3.8, 4) is 0 Å². The molecule has 2 nitrogen and oxygen atoms in total. The molecule has 1 aliphatic carbocycles. The van der Waals surface area contributed by atoms with E-state index in [-0.39, 0.29) is 0 Å². The van der Waals surface area contributed by atoms with Crippen LogP contribution in [0.2, 0.25) is 0 Å². The second-order valence-electron chi connectivity index (χ2n) is 5.04. The van der Waals surface area contributed by atoms with Gasteiger partial charge >= 0.3 is 0 Å². The van der Waals surface area contributed by atoms with Gasteiger partial charge in [0.1, 0.15) is 0 Å². The van der Waals surface area contributed by atoms with Crippen LogP contribution >= 0.6 is 11.3 Å². The lowest BCUT2D eigenvalue weighted by atomic mass is 9.94. The number of hydrogen-bond acceptors (Lipinski definition) is 3. The van der Waals surface area contributed by atoms with Crippen LogP contribution in [0.1, 0.15) is 31.2 Å². The molecule has 1 aromatic rings. The topological polar surface area (TPSA) is 12.5 Å². The summed E-state index contributed by atoms with van der Waals surface area (Å²) in [4.78, 5) is 2.67. The highest BCUT2D eigenvalue weighted by Gasteiger charge is 2.41. The van der Waals surface area contributed by atoms with Crippen molar-refractivity contribution in [2.24, 2.45) is 0 Å². The molecule has 0 N–H and O–H groups in total. The summed E-state index contributed by atoms with van der Waals surface area (Å²) in [6, 6.07) is 2.25. The van der Waals surface area contributed by atoms with E-state index in [4.69, 9.17) is 4.74 Å². The van der Waals surface area contributed by atoms with Crippen molar-refractivity contribution < 1.29 is 4.74 Å². The summed E-state index contributed by atoms with van der Waals surface area (Å²) < 4.78 is 5.72. The smallest absolute Gasteiger partial charge is 0.0651 e. The second-order valence-corrected chi connectivity index (χ2v) is 5.82. The Bertz CT molecular complexity index is 330. The van der Waals surface area contributed by atoms with Crippen LogP contribution in [0.3, 0.4) is 0 Å². The van der Waals surface area contributed by atoms with Crippen LogP contribution < -0.4 is 0 Å². The number of hydrogen-bond donors (Lipinski definition) is 0. The fraction of sp³-hybridized carbons (Fsp3) is 0.692. The van der Waals surface area contributed by atoms with Crippen LogP contribution in [0.5, 0.6) is 0 Å². The third-order valence-corrected chi connectivity index (χ3v) is 4.77. The molecule has 0 unspecified atom stereocenters. The molecule has 0 amide bonds. The molecule has 0 bridgehead atoms. The molecule has 2 aliphatic rings. The van der Waals surface area contributed by atoms with Gasteiger partial charge in [0.25, 0.3) is 0 Å². The third kappa shape index (κ3) is 1.92. The Morgan fingerprint density at radius 3 is 3.00 bits per heavy atom. The molecule has 1 saturated carbocycles. The average Bonchev–Trinajstić information content (AvgIpc) is 2.94. The minimum atomic E-state index is 0.375. The standard InChI is InChI=1S/C13H19NOS/c1-2-5-13(4-1)11-15-7-6-14(13)9-12-3-8-16-10-12/h3,8,10H,1-2,4-7,9,11H2. The van der Waals surface area contributed by atoms with Crippen LogP contribution in [-0.2, 0) is 11.3 Å². The summed E-state index contributed by atoms with van der Waals surface area (Å²) in [7, 11) is 0. The zero-order chi connectivity index (χ0) is 10.8. The molecule has 88 valence electrons. The number of thiophene rings is 1. The van der Waals surface area contributed by atoms with E-state index in [1.54, 1.807) is 11.3 Å². The van der Waals surface area contributed by atoms with Crippen molar-refractivity contribution in [3.63, 3.8) is 0 Å². The van der Waals surface area contributed by atoms with Crippen LogP contribution in [0, 0.1) is 0 Å². The summed E-state index contributed by atoms with van der Waals surface area (Å²) >= 11 is 1.80. The molecule has 1 aliphatic heterocycles. The molecule has 1 spiro atoms. The molecule has 2 heterocycles. The van der Waals surface area contributed by atoms with Gasteiger partial charge in [-0.15, -0.1) is 0 Å². The van der Waals surface area contributed by atoms with Crippen LogP contribution in [0.25, 0.3) is 0 Å². The lowest BCUT2D eigenvalue weighted by Crippen LogP contribution is -2.54. The summed E-state index contributed by atoms with van der Waals surface area (Å²) in [5.74, 6) is 0. The van der Waals surface area contributed by atoms with Crippen LogP contribution in [0.4, 0.5) is 0 Å². The fourth-order valence-corrected chi connectivity index (χ4v) is 3.77. The number of morpholine rings is 1. The summed E-state index contributed by atoms with van der Waals surface area (Å²) in [5.41, 5.74) is 1.85. The quantitative estimate of drug-likeness (QED) is 0.784. The summed E-state index contributed by atoms with van der Waals surface area (Å²) in [6.07, 6.45) is 5.42. The normalized spacial score (nSPS) is 25.2. The molecule has 3 rings (SSSR count). The first-order valence-corrected chi connectivity index (χ1v) is 7.17. The molecular formula is C13H19NOS. The number of rotatable bonds is 2. The van der Waals surface area contributed by atoms with Crippen molar-refractivity contribution in [1.82, 2.24) is 4.90 Å². The van der Waals surface area contributed by atoms with Gasteiger partial charge in [0.05, 0.1) is 13.2 Å². The molecule has 0 aromatic carbocycles. The molecule has 16 heavy (non-hydrogen) atoms. The Balaban J connectivity index is 1.75. The Morgan fingerprint density at radius 2 is 2.25 bits per heavy atom. The lowest BCUT2D eigenvalue weighted by molar-refractivity contribution is -0.0702. The van der Waals surface area contributed by atoms with Gasteiger partial charge in [-0.2, -0.15) is 11.3 Å². The van der Waals surface area contributed by atoms with Crippen LogP contribution in [-0.4, -0.2) is 30.2 Å². The van der Waals surface area contributed by atoms with Crippen molar-refractivity contribution in [2.45, 2.75) is 37.8 Å². The molecule has 1 saturated heterocycles. The first-order chi connectivity index (χ1) is 7.89. The highest BCUT2D eigenvalue weighted by atomic mass is 32.1. The fourth-order valence-electron chi connectivity index (χ4n) is 3.11. The maximum atomic E-state index is 5.72. The molecule has 0 radical (unpaired) electrons. The van der Waals surface area contributed by atoms with Crippen molar-refractivity contribution in [3.05, 3.63) is 22.4 Å². The third-order valence-electron chi connectivity index (χ3n) is 4.03. The molecule has 0 atom stereocenters. The minimum Gasteiger partial charge on any atom is -0.378 e. The Kier molecular flexibility index (Phi) is 3.01.